The van der Waals surface area contributed by atoms with Gasteiger partial charge in [-0.15, -0.1) is 0 Å². The van der Waals surface area contributed by atoms with Crippen LogP contribution in [-0.4, -0.2) is 25.4 Å². The van der Waals surface area contributed by atoms with Crippen molar-refractivity contribution in [3.05, 3.63) is 59.7 Å². The number of hydrogen-bond acceptors (Lipinski definition) is 4. The van der Waals surface area contributed by atoms with Crippen LogP contribution in [0.1, 0.15) is 50.8 Å². The fraction of sp³-hybridized carbons (Fsp3) is 0.478. The van der Waals surface area contributed by atoms with E-state index in [4.69, 9.17) is 14.2 Å². The van der Waals surface area contributed by atoms with Crippen molar-refractivity contribution in [2.45, 2.75) is 58.0 Å². The van der Waals surface area contributed by atoms with Gasteiger partial charge < -0.3 is 19.5 Å². The summed E-state index contributed by atoms with van der Waals surface area (Å²) in [5.41, 5.74) is 2.91. The van der Waals surface area contributed by atoms with Crippen LogP contribution in [0.15, 0.2) is 48.5 Å². The molecule has 1 aliphatic heterocycles. The van der Waals surface area contributed by atoms with Crippen LogP contribution >= 0.6 is 0 Å². The molecule has 0 fully saturated rings. The molecular formula is C23H31NO3. The minimum atomic E-state index is -0.447. The van der Waals surface area contributed by atoms with Crippen molar-refractivity contribution in [1.29, 1.82) is 0 Å². The number of rotatable bonds is 8. The van der Waals surface area contributed by atoms with E-state index in [9.17, 15) is 0 Å². The van der Waals surface area contributed by atoms with Crippen molar-refractivity contribution in [3.63, 3.8) is 0 Å². The Labute approximate surface area is 162 Å². The topological polar surface area (TPSA) is 39.7 Å². The number of unbranched alkanes of at least 4 members (excludes halogenated alkanes) is 1. The van der Waals surface area contributed by atoms with Crippen molar-refractivity contribution in [3.8, 4) is 5.75 Å². The fourth-order valence-corrected chi connectivity index (χ4v) is 3.58. The molecule has 0 radical (unpaired) electrons. The number of fused-ring (bicyclic) bond motifs is 1. The summed E-state index contributed by atoms with van der Waals surface area (Å²) in [4.78, 5) is 0. The first kappa shape index (κ1) is 19.7. The zero-order valence-electron chi connectivity index (χ0n) is 16.8. The highest BCUT2D eigenvalue weighted by Gasteiger charge is 2.45. The number of nitrogens with one attached hydrogen (secondary N) is 1. The highest BCUT2D eigenvalue weighted by molar-refractivity contribution is 5.53. The predicted octanol–water partition coefficient (Wildman–Crippen LogP) is 5.34. The first-order chi connectivity index (χ1) is 13.0. The van der Waals surface area contributed by atoms with E-state index in [1.54, 1.807) is 7.11 Å². The molecule has 27 heavy (non-hydrogen) atoms. The van der Waals surface area contributed by atoms with E-state index < -0.39 is 5.60 Å². The van der Waals surface area contributed by atoms with E-state index in [2.05, 4.69) is 62.5 Å². The van der Waals surface area contributed by atoms with Crippen molar-refractivity contribution in [1.82, 2.24) is 0 Å². The summed E-state index contributed by atoms with van der Waals surface area (Å²) in [5.74, 6) is 0.875. The average molecular weight is 370 g/mol. The smallest absolute Gasteiger partial charge is 0.132 e. The molecule has 0 saturated carbocycles. The van der Waals surface area contributed by atoms with Gasteiger partial charge in [0.05, 0.1) is 0 Å². The molecule has 0 amide bonds. The maximum absolute atomic E-state index is 6.27. The maximum atomic E-state index is 6.27. The van der Waals surface area contributed by atoms with Gasteiger partial charge >= 0.3 is 0 Å². The second-order valence-corrected chi connectivity index (χ2v) is 7.60. The summed E-state index contributed by atoms with van der Waals surface area (Å²) >= 11 is 0. The van der Waals surface area contributed by atoms with Gasteiger partial charge in [-0.3, -0.25) is 0 Å². The van der Waals surface area contributed by atoms with E-state index >= 15 is 0 Å². The Balaban J connectivity index is 1.83. The molecule has 0 aromatic heterocycles. The van der Waals surface area contributed by atoms with Crippen molar-refractivity contribution >= 4 is 5.69 Å². The van der Waals surface area contributed by atoms with Gasteiger partial charge in [0.1, 0.15) is 23.6 Å². The minimum absolute atomic E-state index is 0.140. The molecule has 2 aromatic carbocycles. The Kier molecular flexibility index (Phi) is 6.40. The Hall–Kier alpha value is -2.04. The van der Waals surface area contributed by atoms with Crippen molar-refractivity contribution in [2.24, 2.45) is 0 Å². The summed E-state index contributed by atoms with van der Waals surface area (Å²) in [6.45, 7) is 7.79. The third-order valence-corrected chi connectivity index (χ3v) is 5.04. The lowest BCUT2D eigenvalue weighted by Crippen LogP contribution is -2.50. The molecule has 1 N–H and O–H groups in total. The molecule has 0 bridgehead atoms. The largest absolute Gasteiger partial charge is 0.485 e. The van der Waals surface area contributed by atoms with E-state index in [1.165, 1.54) is 5.56 Å². The SMILES string of the molecule is CCCCOC1c2cc(NCc3ccccc3)ccc2OC(C)(C)C1OC. The molecule has 2 aromatic rings. The molecule has 3 rings (SSSR count). The zero-order valence-corrected chi connectivity index (χ0v) is 16.8. The standard InChI is InChI=1S/C23H31NO3/c1-5-6-14-26-21-19-15-18(24-16-17-10-8-7-9-11-17)12-13-20(19)27-23(2,3)22(21)25-4/h7-13,15,21-22,24H,5-6,14,16H2,1-4H3. The highest BCUT2D eigenvalue weighted by Crippen LogP contribution is 2.44. The van der Waals surface area contributed by atoms with Crippen LogP contribution in [0, 0.1) is 0 Å². The van der Waals surface area contributed by atoms with E-state index in [0.29, 0.717) is 0 Å². The van der Waals surface area contributed by atoms with Gasteiger partial charge in [-0.05, 0) is 44.0 Å². The summed E-state index contributed by atoms with van der Waals surface area (Å²) in [7, 11) is 1.73. The normalized spacial score (nSPS) is 20.6. The zero-order chi connectivity index (χ0) is 19.3. The summed E-state index contributed by atoms with van der Waals surface area (Å²) in [5, 5.41) is 3.50. The fourth-order valence-electron chi connectivity index (χ4n) is 3.58. The number of anilines is 1. The third-order valence-electron chi connectivity index (χ3n) is 5.04. The number of methoxy groups -OCH3 is 1. The highest BCUT2D eigenvalue weighted by atomic mass is 16.6. The van der Waals surface area contributed by atoms with Crippen LogP contribution in [0.4, 0.5) is 5.69 Å². The molecule has 2 unspecified atom stereocenters. The second kappa shape index (κ2) is 8.77. The third kappa shape index (κ3) is 4.63. The summed E-state index contributed by atoms with van der Waals surface area (Å²) < 4.78 is 18.3. The Morgan fingerprint density at radius 3 is 2.59 bits per heavy atom. The predicted molar refractivity (Wildman–Crippen MR) is 109 cm³/mol. The Bertz CT molecular complexity index is 730. The van der Waals surface area contributed by atoms with Gasteiger partial charge in [0.2, 0.25) is 0 Å². The molecule has 0 aliphatic carbocycles. The van der Waals surface area contributed by atoms with Gasteiger partial charge in [-0.2, -0.15) is 0 Å². The van der Waals surface area contributed by atoms with Gasteiger partial charge in [0.15, 0.2) is 0 Å². The molecule has 2 atom stereocenters. The lowest BCUT2D eigenvalue weighted by atomic mass is 9.88. The lowest BCUT2D eigenvalue weighted by Gasteiger charge is -2.43. The van der Waals surface area contributed by atoms with Crippen molar-refractivity contribution < 1.29 is 14.2 Å². The molecule has 4 heteroatoms. The van der Waals surface area contributed by atoms with Gasteiger partial charge in [-0.25, -0.2) is 0 Å². The average Bonchev–Trinajstić information content (AvgIpc) is 2.67. The molecule has 4 nitrogen and oxygen atoms in total. The first-order valence-corrected chi connectivity index (χ1v) is 9.80. The molecular weight excluding hydrogens is 338 g/mol. The molecule has 1 aliphatic rings. The number of ether oxygens (including phenoxy) is 3. The van der Waals surface area contributed by atoms with Crippen LogP contribution in [0.25, 0.3) is 0 Å². The quantitative estimate of drug-likeness (QED) is 0.637. The van der Waals surface area contributed by atoms with Crippen LogP contribution in [0.5, 0.6) is 5.75 Å². The van der Waals surface area contributed by atoms with Crippen LogP contribution < -0.4 is 10.1 Å². The number of hydrogen-bond donors (Lipinski definition) is 1. The molecule has 1 heterocycles. The summed E-state index contributed by atoms with van der Waals surface area (Å²) in [6, 6.07) is 16.6. The molecule has 0 spiro atoms. The Morgan fingerprint density at radius 2 is 1.89 bits per heavy atom. The van der Waals surface area contributed by atoms with E-state index in [1.807, 2.05) is 12.1 Å². The van der Waals surface area contributed by atoms with E-state index in [0.717, 1.165) is 43.0 Å². The molecule has 0 saturated heterocycles. The van der Waals surface area contributed by atoms with Crippen molar-refractivity contribution in [2.75, 3.05) is 19.0 Å². The molecule has 146 valence electrons. The van der Waals surface area contributed by atoms with Gasteiger partial charge in [0.25, 0.3) is 0 Å². The van der Waals surface area contributed by atoms with Crippen LogP contribution in [-0.2, 0) is 16.0 Å². The number of benzene rings is 2. The minimum Gasteiger partial charge on any atom is -0.485 e. The maximum Gasteiger partial charge on any atom is 0.132 e. The monoisotopic (exact) mass is 369 g/mol. The van der Waals surface area contributed by atoms with Gasteiger partial charge in [0, 0.05) is 31.5 Å². The first-order valence-electron chi connectivity index (χ1n) is 9.80. The Morgan fingerprint density at radius 1 is 1.11 bits per heavy atom. The second-order valence-electron chi connectivity index (χ2n) is 7.60. The lowest BCUT2D eigenvalue weighted by molar-refractivity contribution is -0.150. The summed E-state index contributed by atoms with van der Waals surface area (Å²) in [6.07, 6.45) is 1.84. The van der Waals surface area contributed by atoms with Crippen LogP contribution in [0.2, 0.25) is 0 Å². The van der Waals surface area contributed by atoms with E-state index in [-0.39, 0.29) is 12.2 Å². The van der Waals surface area contributed by atoms with Gasteiger partial charge in [-0.1, -0.05) is 43.7 Å². The van der Waals surface area contributed by atoms with Crippen LogP contribution in [0.3, 0.4) is 0 Å².